The van der Waals surface area contributed by atoms with E-state index in [-0.39, 0.29) is 18.4 Å². The summed E-state index contributed by atoms with van der Waals surface area (Å²) in [6.45, 7) is 0.318. The van der Waals surface area contributed by atoms with Gasteiger partial charge in [-0.15, -0.1) is 0 Å². The summed E-state index contributed by atoms with van der Waals surface area (Å²) in [7, 11) is 1.55. The molecule has 1 aromatic carbocycles. The molecule has 0 aliphatic heterocycles. The number of hydrogen-bond acceptors (Lipinski definition) is 4. The molecule has 20 heavy (non-hydrogen) atoms. The van der Waals surface area contributed by atoms with Crippen molar-refractivity contribution >= 4 is 11.6 Å². The van der Waals surface area contributed by atoms with Crippen LogP contribution in [0.1, 0.15) is 6.42 Å². The lowest BCUT2D eigenvalue weighted by Gasteiger charge is -2.13. The Bertz CT molecular complexity index is 550. The van der Waals surface area contributed by atoms with E-state index in [0.29, 0.717) is 6.54 Å². The van der Waals surface area contributed by atoms with E-state index in [1.54, 1.807) is 13.3 Å². The van der Waals surface area contributed by atoms with Gasteiger partial charge in [-0.05, 0) is 18.2 Å². The summed E-state index contributed by atoms with van der Waals surface area (Å²) >= 11 is 0. The van der Waals surface area contributed by atoms with Crippen molar-refractivity contribution in [2.45, 2.75) is 12.5 Å². The Kier molecular flexibility index (Phi) is 4.86. The van der Waals surface area contributed by atoms with Crippen molar-refractivity contribution in [2.24, 2.45) is 5.73 Å². The molecular weight excluding hydrogens is 256 g/mol. The first-order chi connectivity index (χ1) is 9.72. The summed E-state index contributed by atoms with van der Waals surface area (Å²) in [6, 6.07) is 9.41. The van der Waals surface area contributed by atoms with Gasteiger partial charge in [-0.3, -0.25) is 9.89 Å². The number of aromatic nitrogens is 2. The maximum absolute atomic E-state index is 11.9. The van der Waals surface area contributed by atoms with Crippen LogP contribution in [-0.4, -0.2) is 35.9 Å². The molecule has 0 fully saturated rings. The molecule has 1 unspecified atom stereocenters. The van der Waals surface area contributed by atoms with Crippen LogP contribution in [0.3, 0.4) is 0 Å². The molecule has 4 N–H and O–H groups in total. The molecule has 0 aliphatic carbocycles. The van der Waals surface area contributed by atoms with Crippen LogP contribution >= 0.6 is 0 Å². The van der Waals surface area contributed by atoms with Crippen molar-refractivity contribution in [3.63, 3.8) is 0 Å². The molecule has 1 amide bonds. The number of nitrogens with zero attached hydrogens (tertiary/aromatic N) is 1. The Morgan fingerprint density at radius 1 is 1.50 bits per heavy atom. The zero-order valence-corrected chi connectivity index (χ0v) is 11.3. The first-order valence-corrected chi connectivity index (χ1v) is 6.35. The van der Waals surface area contributed by atoms with E-state index in [1.807, 2.05) is 30.3 Å². The van der Waals surface area contributed by atoms with Gasteiger partial charge in [0.2, 0.25) is 5.91 Å². The lowest BCUT2D eigenvalue weighted by molar-refractivity contribution is -0.118. The summed E-state index contributed by atoms with van der Waals surface area (Å²) in [4.78, 5) is 11.9. The zero-order valence-electron chi connectivity index (χ0n) is 11.3. The molecule has 106 valence electrons. The number of benzene rings is 1. The number of hydrogen-bond donors (Lipinski definition) is 3. The van der Waals surface area contributed by atoms with E-state index in [4.69, 9.17) is 10.5 Å². The molecule has 0 saturated carbocycles. The van der Waals surface area contributed by atoms with Gasteiger partial charge in [0.25, 0.3) is 0 Å². The molecule has 0 saturated heterocycles. The van der Waals surface area contributed by atoms with Gasteiger partial charge in [0.1, 0.15) is 0 Å². The quantitative estimate of drug-likeness (QED) is 0.742. The second-order valence-electron chi connectivity index (χ2n) is 4.40. The van der Waals surface area contributed by atoms with Gasteiger partial charge in [-0.1, -0.05) is 12.1 Å². The normalized spacial score (nSPS) is 12.1. The van der Waals surface area contributed by atoms with Crippen LogP contribution in [0.4, 0.5) is 5.69 Å². The third kappa shape index (κ3) is 3.66. The van der Waals surface area contributed by atoms with Gasteiger partial charge < -0.3 is 15.8 Å². The number of nitrogens with two attached hydrogens (primary N) is 1. The highest BCUT2D eigenvalue weighted by atomic mass is 16.5. The Morgan fingerprint density at radius 3 is 3.00 bits per heavy atom. The minimum atomic E-state index is -0.259. The highest BCUT2D eigenvalue weighted by Gasteiger charge is 2.11. The summed E-state index contributed by atoms with van der Waals surface area (Å²) in [5.41, 5.74) is 8.09. The van der Waals surface area contributed by atoms with Crippen LogP contribution in [0.25, 0.3) is 11.3 Å². The summed E-state index contributed by atoms with van der Waals surface area (Å²) < 4.78 is 5.09. The summed E-state index contributed by atoms with van der Waals surface area (Å²) in [5.74, 6) is -0.121. The van der Waals surface area contributed by atoms with E-state index < -0.39 is 0 Å². The van der Waals surface area contributed by atoms with E-state index >= 15 is 0 Å². The smallest absolute Gasteiger partial charge is 0.227 e. The van der Waals surface area contributed by atoms with E-state index in [0.717, 1.165) is 16.9 Å². The lowest BCUT2D eigenvalue weighted by atomic mass is 10.1. The van der Waals surface area contributed by atoms with Crippen LogP contribution in [0, 0.1) is 0 Å². The predicted molar refractivity (Wildman–Crippen MR) is 77.1 cm³/mol. The maximum Gasteiger partial charge on any atom is 0.227 e. The summed E-state index contributed by atoms with van der Waals surface area (Å²) in [6.07, 6.45) is 1.66. The Balaban J connectivity index is 2.03. The minimum absolute atomic E-state index is 0.121. The van der Waals surface area contributed by atoms with Gasteiger partial charge in [0, 0.05) is 31.1 Å². The number of amides is 1. The van der Waals surface area contributed by atoms with Crippen LogP contribution in [0.2, 0.25) is 0 Å². The number of carbonyl (C=O) groups is 1. The molecule has 1 aromatic heterocycles. The van der Waals surface area contributed by atoms with Gasteiger partial charge in [0.15, 0.2) is 0 Å². The van der Waals surface area contributed by atoms with Crippen molar-refractivity contribution in [2.75, 3.05) is 19.0 Å². The number of aromatic amines is 1. The van der Waals surface area contributed by atoms with Crippen molar-refractivity contribution in [1.29, 1.82) is 0 Å². The molecule has 0 aliphatic rings. The number of rotatable bonds is 6. The monoisotopic (exact) mass is 274 g/mol. The second kappa shape index (κ2) is 6.83. The molecule has 6 heteroatoms. The third-order valence-electron chi connectivity index (χ3n) is 2.97. The van der Waals surface area contributed by atoms with Crippen LogP contribution in [0.5, 0.6) is 0 Å². The van der Waals surface area contributed by atoms with Gasteiger partial charge in [-0.2, -0.15) is 5.10 Å². The molecule has 2 rings (SSSR count). The molecule has 1 heterocycles. The zero-order chi connectivity index (χ0) is 14.4. The Labute approximate surface area is 117 Å². The largest absolute Gasteiger partial charge is 0.380 e. The second-order valence-corrected chi connectivity index (χ2v) is 4.40. The Morgan fingerprint density at radius 2 is 2.35 bits per heavy atom. The van der Waals surface area contributed by atoms with Gasteiger partial charge in [-0.25, -0.2) is 0 Å². The first kappa shape index (κ1) is 14.2. The van der Waals surface area contributed by atoms with Crippen molar-refractivity contribution < 1.29 is 9.53 Å². The molecule has 2 aromatic rings. The van der Waals surface area contributed by atoms with Crippen LogP contribution in [0.15, 0.2) is 36.5 Å². The number of nitrogens with one attached hydrogen (secondary N) is 2. The maximum atomic E-state index is 11.9. The van der Waals surface area contributed by atoms with Gasteiger partial charge in [0.05, 0.1) is 18.2 Å². The first-order valence-electron chi connectivity index (χ1n) is 6.35. The van der Waals surface area contributed by atoms with Crippen LogP contribution < -0.4 is 11.1 Å². The molecule has 6 nitrogen and oxygen atoms in total. The molecule has 1 atom stereocenters. The minimum Gasteiger partial charge on any atom is -0.380 e. The van der Waals surface area contributed by atoms with Crippen molar-refractivity contribution in [3.8, 4) is 11.3 Å². The number of methoxy groups -OCH3 is 1. The van der Waals surface area contributed by atoms with Crippen molar-refractivity contribution in [1.82, 2.24) is 10.2 Å². The highest BCUT2D eigenvalue weighted by molar-refractivity contribution is 5.91. The number of carbonyl (C=O) groups excluding carboxylic acids is 1. The van der Waals surface area contributed by atoms with E-state index in [1.165, 1.54) is 0 Å². The number of anilines is 1. The number of ether oxygens (including phenoxy) is 1. The topological polar surface area (TPSA) is 93.0 Å². The lowest BCUT2D eigenvalue weighted by Crippen LogP contribution is -2.28. The fourth-order valence-electron chi connectivity index (χ4n) is 1.86. The number of H-pyrrole nitrogens is 1. The molecule has 0 radical (unpaired) electrons. The van der Waals surface area contributed by atoms with E-state index in [9.17, 15) is 4.79 Å². The standard InChI is InChI=1S/C14H18N4O2/c1-20-12(9-15)8-14(19)17-11-4-2-3-10(7-11)13-5-6-16-18-13/h2-7,12H,8-9,15H2,1H3,(H,16,18)(H,17,19). The third-order valence-corrected chi connectivity index (χ3v) is 2.97. The molecule has 0 spiro atoms. The Hall–Kier alpha value is -2.18. The fraction of sp³-hybridized carbons (Fsp3) is 0.286. The fourth-order valence-corrected chi connectivity index (χ4v) is 1.86. The average molecular weight is 274 g/mol. The molecular formula is C14H18N4O2. The molecule has 0 bridgehead atoms. The van der Waals surface area contributed by atoms with Gasteiger partial charge >= 0.3 is 0 Å². The predicted octanol–water partition coefficient (Wildman–Crippen LogP) is 1.38. The highest BCUT2D eigenvalue weighted by Crippen LogP contribution is 2.20. The SMILES string of the molecule is COC(CN)CC(=O)Nc1cccc(-c2ccn[nH]2)c1. The van der Waals surface area contributed by atoms with Crippen molar-refractivity contribution in [3.05, 3.63) is 36.5 Å². The van der Waals surface area contributed by atoms with Crippen LogP contribution in [-0.2, 0) is 9.53 Å². The summed E-state index contributed by atoms with van der Waals surface area (Å²) in [5, 5.41) is 9.63. The average Bonchev–Trinajstić information content (AvgIpc) is 2.99. The van der Waals surface area contributed by atoms with E-state index in [2.05, 4.69) is 15.5 Å².